The van der Waals surface area contributed by atoms with E-state index in [0.29, 0.717) is 55.5 Å². The molecule has 13 heteroatoms. The number of rotatable bonds is 10. The smallest absolute Gasteiger partial charge is 0.493 e. The molecule has 0 radical (unpaired) electrons. The van der Waals surface area contributed by atoms with Crippen molar-refractivity contribution in [3.8, 4) is 17.2 Å². The molecule has 2 amide bonds. The van der Waals surface area contributed by atoms with Crippen molar-refractivity contribution in [2.45, 2.75) is 43.4 Å². The lowest BCUT2D eigenvalue weighted by Gasteiger charge is -2.41. The minimum absolute atomic E-state index is 0.0627. The third-order valence-corrected chi connectivity index (χ3v) is 10.2. The van der Waals surface area contributed by atoms with E-state index in [-0.39, 0.29) is 41.2 Å². The summed E-state index contributed by atoms with van der Waals surface area (Å²) in [6.07, 6.45) is 1.15. The molecule has 11 nitrogen and oxygen atoms in total. The number of aliphatic hydroxyl groups excluding tert-OH is 1. The first-order chi connectivity index (χ1) is 23.4. The van der Waals surface area contributed by atoms with Crippen LogP contribution in [0.15, 0.2) is 60.7 Å². The lowest BCUT2D eigenvalue weighted by atomic mass is 9.71. The first kappa shape index (κ1) is 37.8. The number of hydrogen-bond acceptors (Lipinski definition) is 8. The van der Waals surface area contributed by atoms with Crippen LogP contribution in [0.5, 0.6) is 17.2 Å². The predicted molar refractivity (Wildman–Crippen MR) is 187 cm³/mol. The lowest BCUT2D eigenvalue weighted by Crippen LogP contribution is -2.50. The third kappa shape index (κ3) is 8.41. The van der Waals surface area contributed by atoms with Crippen LogP contribution < -0.4 is 19.9 Å². The minimum Gasteiger partial charge on any atom is -0.493 e. The molecular formula is C36H43Cl2N3O8. The Morgan fingerprint density at radius 1 is 0.878 bits per heavy atom. The molecule has 2 heterocycles. The molecule has 3 aromatic rings. The van der Waals surface area contributed by atoms with Crippen LogP contribution in [-0.4, -0.2) is 91.5 Å². The molecule has 0 aromatic heterocycles. The number of halogens is 2. The molecule has 0 spiro atoms. The summed E-state index contributed by atoms with van der Waals surface area (Å²) >= 11 is 12.8. The van der Waals surface area contributed by atoms with Crippen LogP contribution in [0, 0.1) is 0 Å². The van der Waals surface area contributed by atoms with E-state index in [1.54, 1.807) is 17.9 Å². The van der Waals surface area contributed by atoms with Gasteiger partial charge in [0.2, 0.25) is 11.7 Å². The summed E-state index contributed by atoms with van der Waals surface area (Å²) in [7, 11) is 2.72. The first-order valence-corrected chi connectivity index (χ1v) is 16.8. The molecule has 1 atom stereocenters. The quantitative estimate of drug-likeness (QED) is 0.176. The fourth-order valence-electron chi connectivity index (χ4n) is 6.79. The summed E-state index contributed by atoms with van der Waals surface area (Å²) in [4.78, 5) is 42.0. The van der Waals surface area contributed by atoms with Crippen molar-refractivity contribution in [3.63, 3.8) is 0 Å². The highest BCUT2D eigenvalue weighted by molar-refractivity contribution is 6.42. The second-order valence-corrected chi connectivity index (χ2v) is 13.0. The van der Waals surface area contributed by atoms with Gasteiger partial charge in [-0.1, -0.05) is 59.6 Å². The summed E-state index contributed by atoms with van der Waals surface area (Å²) < 4.78 is 15.5. The zero-order chi connectivity index (χ0) is 35.8. The Morgan fingerprint density at radius 3 is 2.02 bits per heavy atom. The van der Waals surface area contributed by atoms with E-state index in [9.17, 15) is 14.4 Å². The number of hydrogen-bond donors (Lipinski definition) is 3. The van der Waals surface area contributed by atoms with Gasteiger partial charge in [-0.2, -0.15) is 0 Å². The van der Waals surface area contributed by atoms with E-state index < -0.39 is 17.0 Å². The maximum absolute atomic E-state index is 13.9. The van der Waals surface area contributed by atoms with E-state index in [4.69, 9.17) is 53.4 Å². The summed E-state index contributed by atoms with van der Waals surface area (Å²) in [5, 5.41) is 17.6. The number of methoxy groups -OCH3 is 2. The van der Waals surface area contributed by atoms with Crippen molar-refractivity contribution in [1.29, 1.82) is 0 Å². The van der Waals surface area contributed by atoms with Gasteiger partial charge in [0.1, 0.15) is 0 Å². The molecule has 5 rings (SSSR count). The lowest BCUT2D eigenvalue weighted by molar-refractivity contribution is -0.125. The van der Waals surface area contributed by atoms with Crippen LogP contribution in [0.25, 0.3) is 0 Å². The van der Waals surface area contributed by atoms with Crippen LogP contribution in [-0.2, 0) is 15.6 Å². The summed E-state index contributed by atoms with van der Waals surface area (Å²) in [5.74, 6) is -0.561. The first-order valence-electron chi connectivity index (χ1n) is 16.0. The van der Waals surface area contributed by atoms with Gasteiger partial charge in [0, 0.05) is 30.7 Å². The number of piperidine rings is 1. The Hall–Kier alpha value is -4.03. The van der Waals surface area contributed by atoms with Crippen LogP contribution in [0.3, 0.4) is 0 Å². The van der Waals surface area contributed by atoms with E-state index in [1.165, 1.54) is 26.4 Å². The SMILES string of the molecule is CCO.COc1cc(C(=O)N2CCC(CCN3CCC(C(N)=O)(c4ccccc4)CC3)(c3ccc(Cl)c(Cl)c3)C2)cc(OC)c1OC(=O)O. The Balaban J connectivity index is 0.00000174. The molecule has 0 aliphatic carbocycles. The Kier molecular flexibility index (Phi) is 12.8. The normalized spacial score (nSPS) is 18.6. The maximum Gasteiger partial charge on any atom is 0.511 e. The van der Waals surface area contributed by atoms with Gasteiger partial charge in [-0.3, -0.25) is 9.59 Å². The number of carbonyl (C=O) groups is 3. The van der Waals surface area contributed by atoms with Gasteiger partial charge in [0.25, 0.3) is 5.91 Å². The average molecular weight is 717 g/mol. The summed E-state index contributed by atoms with van der Waals surface area (Å²) in [5.41, 5.74) is 7.08. The molecule has 2 saturated heterocycles. The fourth-order valence-corrected chi connectivity index (χ4v) is 7.09. The number of benzene rings is 3. The van der Waals surface area contributed by atoms with Gasteiger partial charge in [-0.05, 0) is 87.6 Å². The van der Waals surface area contributed by atoms with Gasteiger partial charge in [-0.25, -0.2) is 4.79 Å². The summed E-state index contributed by atoms with van der Waals surface area (Å²) in [6.45, 7) is 5.00. The topological polar surface area (TPSA) is 152 Å². The molecule has 49 heavy (non-hydrogen) atoms. The van der Waals surface area contributed by atoms with Crippen LogP contribution in [0.4, 0.5) is 4.79 Å². The Morgan fingerprint density at radius 2 is 1.49 bits per heavy atom. The van der Waals surface area contributed by atoms with Crippen molar-refractivity contribution in [1.82, 2.24) is 9.80 Å². The second-order valence-electron chi connectivity index (χ2n) is 12.2. The third-order valence-electron chi connectivity index (χ3n) is 9.48. The number of nitrogens with two attached hydrogens (primary N) is 1. The number of carbonyl (C=O) groups excluding carboxylic acids is 2. The maximum atomic E-state index is 13.9. The van der Waals surface area contributed by atoms with Crippen LogP contribution in [0.1, 0.15) is 54.1 Å². The van der Waals surface area contributed by atoms with Crippen molar-refractivity contribution in [2.24, 2.45) is 5.73 Å². The molecule has 2 aliphatic rings. The molecule has 4 N–H and O–H groups in total. The Bertz CT molecular complexity index is 1610. The zero-order valence-corrected chi connectivity index (χ0v) is 29.4. The predicted octanol–water partition coefficient (Wildman–Crippen LogP) is 5.76. The number of aliphatic hydroxyl groups is 1. The number of primary amides is 1. The molecule has 2 fully saturated rings. The van der Waals surface area contributed by atoms with Crippen LogP contribution >= 0.6 is 23.2 Å². The minimum atomic E-state index is -1.53. The van der Waals surface area contributed by atoms with Crippen molar-refractivity contribution in [3.05, 3.63) is 87.4 Å². The highest BCUT2D eigenvalue weighted by atomic mass is 35.5. The Labute approximate surface area is 296 Å². The average Bonchev–Trinajstić information content (AvgIpc) is 3.54. The fraction of sp³-hybridized carbons (Fsp3) is 0.417. The van der Waals surface area contributed by atoms with E-state index in [0.717, 1.165) is 24.1 Å². The monoisotopic (exact) mass is 715 g/mol. The van der Waals surface area contributed by atoms with E-state index >= 15 is 0 Å². The molecular weight excluding hydrogens is 673 g/mol. The number of nitrogens with zero attached hydrogens (tertiary/aromatic N) is 2. The molecule has 0 bridgehead atoms. The molecule has 1 unspecified atom stereocenters. The zero-order valence-electron chi connectivity index (χ0n) is 27.9. The van der Waals surface area contributed by atoms with Gasteiger partial charge in [0.15, 0.2) is 11.5 Å². The highest BCUT2D eigenvalue weighted by Crippen LogP contribution is 2.43. The van der Waals surface area contributed by atoms with Gasteiger partial charge in [-0.15, -0.1) is 0 Å². The van der Waals surface area contributed by atoms with Gasteiger partial charge >= 0.3 is 6.16 Å². The van der Waals surface area contributed by atoms with Gasteiger partial charge in [0.05, 0.1) is 29.7 Å². The van der Waals surface area contributed by atoms with Gasteiger partial charge < -0.3 is 40.0 Å². The number of ether oxygens (including phenoxy) is 3. The molecule has 0 saturated carbocycles. The van der Waals surface area contributed by atoms with Crippen LogP contribution in [0.2, 0.25) is 10.0 Å². The highest BCUT2D eigenvalue weighted by Gasteiger charge is 2.44. The van der Waals surface area contributed by atoms with E-state index in [2.05, 4.69) is 4.90 Å². The largest absolute Gasteiger partial charge is 0.511 e. The molecule has 264 valence electrons. The standard InChI is InChI=1S/C34H37Cl2N3O7.C2H6O/c1-44-27-18-22(19-28(45-2)29(27)46-32(42)43)30(40)39-17-11-33(21-39,24-8-9-25(35)26(36)20-24)10-14-38-15-12-34(13-16-38,31(37)41)23-6-4-3-5-7-23;1-2-3/h3-9,18-20H,10-17,21H2,1-2H3,(H2,37,41)(H,42,43);3H,2H2,1H3. The van der Waals surface area contributed by atoms with Crippen molar-refractivity contribution in [2.75, 3.05) is 53.6 Å². The van der Waals surface area contributed by atoms with E-state index in [1.807, 2.05) is 42.5 Å². The van der Waals surface area contributed by atoms with Crippen molar-refractivity contribution < 1.29 is 38.8 Å². The molecule has 2 aliphatic heterocycles. The molecule has 3 aromatic carbocycles. The number of likely N-dealkylation sites (tertiary alicyclic amines) is 2. The summed E-state index contributed by atoms with van der Waals surface area (Å²) in [6, 6.07) is 18.3. The second kappa shape index (κ2) is 16.6. The number of amides is 2. The number of carboxylic acid groups (broad SMARTS) is 1. The van der Waals surface area contributed by atoms with Crippen molar-refractivity contribution >= 4 is 41.2 Å².